The first kappa shape index (κ1) is 20.1. The maximum absolute atomic E-state index is 13.5. The van der Waals surface area contributed by atoms with Crippen molar-refractivity contribution in [3.05, 3.63) is 59.2 Å². The van der Waals surface area contributed by atoms with E-state index in [2.05, 4.69) is 22.7 Å². The normalized spacial score (nSPS) is 16.7. The minimum Gasteiger partial charge on any atom is -0.388 e. The SMILES string of the molecule is CCCNC1=C(C=N)CC(Nc2nc3c(-c4ccc(F)cc4C)cccn3n2)CC1. The lowest BCUT2D eigenvalue weighted by atomic mass is 9.92. The predicted octanol–water partition coefficient (Wildman–Crippen LogP) is 4.71. The Morgan fingerprint density at radius 2 is 2.17 bits per heavy atom. The number of rotatable bonds is 7. The number of nitrogens with one attached hydrogen (secondary N) is 3. The van der Waals surface area contributed by atoms with Gasteiger partial charge in [0.2, 0.25) is 5.95 Å². The molecule has 4 rings (SSSR count). The topological polar surface area (TPSA) is 78.1 Å². The third-order valence-electron chi connectivity index (χ3n) is 5.53. The van der Waals surface area contributed by atoms with Gasteiger partial charge < -0.3 is 16.0 Å². The van der Waals surface area contributed by atoms with Crippen molar-refractivity contribution in [2.75, 3.05) is 11.9 Å². The van der Waals surface area contributed by atoms with E-state index >= 15 is 0 Å². The second kappa shape index (κ2) is 8.65. The third-order valence-corrected chi connectivity index (χ3v) is 5.53. The first-order chi connectivity index (χ1) is 14.6. The van der Waals surface area contributed by atoms with Crippen LogP contribution in [0.4, 0.5) is 10.3 Å². The molecule has 2 aromatic heterocycles. The molecular formula is C23H27FN6. The van der Waals surface area contributed by atoms with E-state index in [1.54, 1.807) is 10.6 Å². The molecule has 6 nitrogen and oxygen atoms in total. The number of fused-ring (bicyclic) bond motifs is 1. The summed E-state index contributed by atoms with van der Waals surface area (Å²) < 4.78 is 15.3. The summed E-state index contributed by atoms with van der Waals surface area (Å²) in [5, 5.41) is 19.3. The van der Waals surface area contributed by atoms with Crippen molar-refractivity contribution in [2.45, 2.75) is 45.6 Å². The van der Waals surface area contributed by atoms with E-state index in [-0.39, 0.29) is 11.9 Å². The second-order valence-electron chi connectivity index (χ2n) is 7.74. The van der Waals surface area contributed by atoms with Gasteiger partial charge in [-0.3, -0.25) is 0 Å². The number of aromatic nitrogens is 3. The summed E-state index contributed by atoms with van der Waals surface area (Å²) in [5.41, 5.74) is 5.68. The number of benzene rings is 1. The van der Waals surface area contributed by atoms with Gasteiger partial charge in [0, 0.05) is 36.3 Å². The molecule has 0 radical (unpaired) electrons. The van der Waals surface area contributed by atoms with Crippen LogP contribution in [0.5, 0.6) is 0 Å². The molecular weight excluding hydrogens is 379 g/mol. The van der Waals surface area contributed by atoms with Gasteiger partial charge in [-0.25, -0.2) is 8.91 Å². The molecule has 3 aromatic rings. The van der Waals surface area contributed by atoms with Gasteiger partial charge in [0.25, 0.3) is 0 Å². The summed E-state index contributed by atoms with van der Waals surface area (Å²) >= 11 is 0. The molecule has 7 heteroatoms. The van der Waals surface area contributed by atoms with Gasteiger partial charge in [-0.05, 0) is 73.6 Å². The first-order valence-corrected chi connectivity index (χ1v) is 10.4. The fraction of sp³-hybridized carbons (Fsp3) is 0.348. The zero-order valence-corrected chi connectivity index (χ0v) is 17.4. The second-order valence-corrected chi connectivity index (χ2v) is 7.74. The lowest BCUT2D eigenvalue weighted by Gasteiger charge is -2.26. The lowest BCUT2D eigenvalue weighted by molar-refractivity contribution is 0.574. The molecule has 0 fully saturated rings. The maximum Gasteiger partial charge on any atom is 0.243 e. The Morgan fingerprint density at radius 3 is 2.93 bits per heavy atom. The molecule has 0 bridgehead atoms. The molecule has 3 N–H and O–H groups in total. The number of allylic oxidation sites excluding steroid dienone is 1. The summed E-state index contributed by atoms with van der Waals surface area (Å²) in [4.78, 5) is 4.72. The van der Waals surface area contributed by atoms with Gasteiger partial charge in [-0.1, -0.05) is 13.0 Å². The number of hydrogen-bond acceptors (Lipinski definition) is 5. The molecule has 2 heterocycles. The number of halogens is 1. The van der Waals surface area contributed by atoms with Crippen molar-refractivity contribution in [1.82, 2.24) is 19.9 Å². The summed E-state index contributed by atoms with van der Waals surface area (Å²) in [5.74, 6) is 0.327. The molecule has 156 valence electrons. The van der Waals surface area contributed by atoms with Crippen LogP contribution in [0.2, 0.25) is 0 Å². The van der Waals surface area contributed by atoms with Gasteiger partial charge in [0.1, 0.15) is 5.82 Å². The van der Waals surface area contributed by atoms with Crippen LogP contribution in [0.1, 0.15) is 38.2 Å². The van der Waals surface area contributed by atoms with Crippen molar-refractivity contribution >= 4 is 17.8 Å². The van der Waals surface area contributed by atoms with E-state index in [1.807, 2.05) is 25.3 Å². The molecule has 30 heavy (non-hydrogen) atoms. The molecule has 0 saturated carbocycles. The third kappa shape index (κ3) is 4.06. The van der Waals surface area contributed by atoms with Crippen molar-refractivity contribution in [1.29, 1.82) is 5.41 Å². The Morgan fingerprint density at radius 1 is 1.30 bits per heavy atom. The summed E-state index contributed by atoms with van der Waals surface area (Å²) in [6, 6.07) is 8.88. The predicted molar refractivity (Wildman–Crippen MR) is 118 cm³/mol. The van der Waals surface area contributed by atoms with Crippen LogP contribution in [0.25, 0.3) is 16.8 Å². The Balaban J connectivity index is 1.58. The van der Waals surface area contributed by atoms with Crippen molar-refractivity contribution in [3.8, 4) is 11.1 Å². The fourth-order valence-electron chi connectivity index (χ4n) is 4.01. The van der Waals surface area contributed by atoms with E-state index < -0.39 is 0 Å². The van der Waals surface area contributed by atoms with Crippen molar-refractivity contribution < 1.29 is 4.39 Å². The van der Waals surface area contributed by atoms with Crippen LogP contribution in [0, 0.1) is 18.2 Å². The number of anilines is 1. The monoisotopic (exact) mass is 406 g/mol. The van der Waals surface area contributed by atoms with Crippen molar-refractivity contribution in [2.24, 2.45) is 0 Å². The van der Waals surface area contributed by atoms with E-state index in [0.29, 0.717) is 5.95 Å². The van der Waals surface area contributed by atoms with E-state index in [9.17, 15) is 4.39 Å². The Hall–Kier alpha value is -3.22. The van der Waals surface area contributed by atoms with E-state index in [1.165, 1.54) is 24.0 Å². The zero-order chi connectivity index (χ0) is 21.1. The smallest absolute Gasteiger partial charge is 0.243 e. The van der Waals surface area contributed by atoms with Crippen LogP contribution in [0.15, 0.2) is 47.8 Å². The minimum atomic E-state index is -0.243. The minimum absolute atomic E-state index is 0.183. The lowest BCUT2D eigenvalue weighted by Crippen LogP contribution is -2.29. The van der Waals surface area contributed by atoms with Gasteiger partial charge in [0.05, 0.1) is 0 Å². The maximum atomic E-state index is 13.5. The standard InChI is InChI=1S/C23H27FN6/c1-3-10-26-21-9-7-18(13-16(21)14-25)27-23-28-22-20(5-4-11-30(22)29-23)19-8-6-17(24)12-15(19)2/h4-6,8,11-12,14,18,25-26H,3,7,9-10,13H2,1-2H3,(H,27,29). The molecule has 1 aromatic carbocycles. The van der Waals surface area contributed by atoms with E-state index in [0.717, 1.165) is 60.1 Å². The van der Waals surface area contributed by atoms with Crippen LogP contribution >= 0.6 is 0 Å². The number of nitrogens with zero attached hydrogens (tertiary/aromatic N) is 3. The van der Waals surface area contributed by atoms with Gasteiger partial charge >= 0.3 is 0 Å². The molecule has 1 aliphatic carbocycles. The van der Waals surface area contributed by atoms with Crippen LogP contribution in [0.3, 0.4) is 0 Å². The molecule has 1 atom stereocenters. The molecule has 1 unspecified atom stereocenters. The van der Waals surface area contributed by atoms with Crippen molar-refractivity contribution in [3.63, 3.8) is 0 Å². The van der Waals surface area contributed by atoms with Crippen LogP contribution in [-0.4, -0.2) is 33.4 Å². The highest BCUT2D eigenvalue weighted by Gasteiger charge is 2.21. The van der Waals surface area contributed by atoms with Crippen LogP contribution < -0.4 is 10.6 Å². The fourth-order valence-corrected chi connectivity index (χ4v) is 4.01. The van der Waals surface area contributed by atoms with Gasteiger partial charge in [-0.15, -0.1) is 5.10 Å². The van der Waals surface area contributed by atoms with E-state index in [4.69, 9.17) is 10.4 Å². The average molecular weight is 407 g/mol. The quantitative estimate of drug-likeness (QED) is 0.497. The summed E-state index contributed by atoms with van der Waals surface area (Å²) in [6.45, 7) is 4.97. The molecule has 0 saturated heterocycles. The molecule has 1 aliphatic rings. The van der Waals surface area contributed by atoms with Crippen LogP contribution in [-0.2, 0) is 0 Å². The Labute approximate surface area is 175 Å². The summed E-state index contributed by atoms with van der Waals surface area (Å²) in [7, 11) is 0. The van der Waals surface area contributed by atoms with Gasteiger partial charge in [-0.2, -0.15) is 4.98 Å². The first-order valence-electron chi connectivity index (χ1n) is 10.4. The number of aryl methyl sites for hydroxylation is 1. The average Bonchev–Trinajstić information content (AvgIpc) is 3.15. The zero-order valence-electron chi connectivity index (χ0n) is 17.4. The number of hydrogen-bond donors (Lipinski definition) is 3. The highest BCUT2D eigenvalue weighted by atomic mass is 19.1. The highest BCUT2D eigenvalue weighted by Crippen LogP contribution is 2.29. The highest BCUT2D eigenvalue weighted by molar-refractivity contribution is 5.80. The largest absolute Gasteiger partial charge is 0.388 e. The Kier molecular flexibility index (Phi) is 5.79. The molecule has 0 spiro atoms. The molecule has 0 amide bonds. The van der Waals surface area contributed by atoms with Gasteiger partial charge in [0.15, 0.2) is 5.65 Å². The summed E-state index contributed by atoms with van der Waals surface area (Å²) in [6.07, 6.45) is 7.04. The molecule has 0 aliphatic heterocycles. The number of pyridine rings is 1. The Bertz CT molecular complexity index is 1100.